The van der Waals surface area contributed by atoms with E-state index in [0.29, 0.717) is 12.3 Å². The second-order valence-electron chi connectivity index (χ2n) is 4.13. The topological polar surface area (TPSA) is 78.3 Å². The number of rotatable bonds is 6. The molecule has 0 radical (unpaired) electrons. The van der Waals surface area contributed by atoms with E-state index in [1.54, 1.807) is 16.8 Å². The van der Waals surface area contributed by atoms with Crippen LogP contribution in [0.2, 0.25) is 0 Å². The van der Waals surface area contributed by atoms with Crippen LogP contribution in [0.15, 0.2) is 30.5 Å². The second-order valence-corrected chi connectivity index (χ2v) is 4.13. The summed E-state index contributed by atoms with van der Waals surface area (Å²) in [4.78, 5) is 10.9. The highest BCUT2D eigenvalue weighted by atomic mass is 16.6. The van der Waals surface area contributed by atoms with E-state index in [0.717, 1.165) is 11.4 Å². The number of carbonyl (C=O) groups excluding carboxylic acids is 1. The Morgan fingerprint density at radius 2 is 2.10 bits per heavy atom. The molecule has 0 amide bonds. The number of aryl methyl sites for hydroxylation is 1. The summed E-state index contributed by atoms with van der Waals surface area (Å²) in [5, 5.41) is 11.1. The van der Waals surface area contributed by atoms with Crippen molar-refractivity contribution in [2.24, 2.45) is 7.05 Å². The second kappa shape index (κ2) is 6.55. The minimum atomic E-state index is -0.408. The van der Waals surface area contributed by atoms with Gasteiger partial charge in [-0.15, -0.1) is 5.10 Å². The Labute approximate surface area is 116 Å². The number of benzene rings is 1. The van der Waals surface area contributed by atoms with Crippen LogP contribution in [0.4, 0.5) is 5.69 Å². The molecule has 7 heteroatoms. The summed E-state index contributed by atoms with van der Waals surface area (Å²) in [5.41, 5.74) is 1.79. The van der Waals surface area contributed by atoms with Crippen LogP contribution in [0.5, 0.6) is 5.75 Å². The van der Waals surface area contributed by atoms with Gasteiger partial charge in [0.15, 0.2) is 6.61 Å². The van der Waals surface area contributed by atoms with Gasteiger partial charge < -0.3 is 14.8 Å². The number of nitrogens with zero attached hydrogens (tertiary/aromatic N) is 3. The summed E-state index contributed by atoms with van der Waals surface area (Å²) in [5.74, 6) is 0.204. The van der Waals surface area contributed by atoms with Crippen molar-refractivity contribution in [1.29, 1.82) is 0 Å². The summed E-state index contributed by atoms with van der Waals surface area (Å²) < 4.78 is 11.4. The molecule has 20 heavy (non-hydrogen) atoms. The van der Waals surface area contributed by atoms with Crippen molar-refractivity contribution >= 4 is 11.7 Å². The van der Waals surface area contributed by atoms with Gasteiger partial charge in [-0.1, -0.05) is 5.21 Å². The third-order valence-corrected chi connectivity index (χ3v) is 2.56. The zero-order valence-electron chi connectivity index (χ0n) is 11.4. The minimum Gasteiger partial charge on any atom is -0.482 e. The molecule has 2 aromatic rings. The van der Waals surface area contributed by atoms with E-state index >= 15 is 0 Å². The van der Waals surface area contributed by atoms with Crippen molar-refractivity contribution < 1.29 is 14.3 Å². The number of aromatic nitrogens is 3. The fraction of sp³-hybridized carbons (Fsp3) is 0.308. The summed E-state index contributed by atoms with van der Waals surface area (Å²) in [6.07, 6.45) is 1.85. The van der Waals surface area contributed by atoms with Crippen LogP contribution in [-0.2, 0) is 23.1 Å². The molecule has 1 heterocycles. The van der Waals surface area contributed by atoms with Gasteiger partial charge >= 0.3 is 5.97 Å². The first-order chi connectivity index (χ1) is 9.67. The molecule has 1 aromatic carbocycles. The molecule has 0 aliphatic rings. The summed E-state index contributed by atoms with van der Waals surface area (Å²) >= 11 is 0. The molecule has 7 nitrogen and oxygen atoms in total. The van der Waals surface area contributed by atoms with Crippen LogP contribution in [-0.4, -0.2) is 34.7 Å². The van der Waals surface area contributed by atoms with Crippen molar-refractivity contribution in [1.82, 2.24) is 15.0 Å². The lowest BCUT2D eigenvalue weighted by atomic mass is 10.3. The highest BCUT2D eigenvalue weighted by molar-refractivity contribution is 5.70. The standard InChI is InChI=1S/C13H16N4O3/c1-17-8-11(15-16-17)7-14-10-3-5-12(6-4-10)20-9-13(18)19-2/h3-6,8,14H,7,9H2,1-2H3. The molecule has 2 rings (SSSR count). The molecule has 0 aliphatic heterocycles. The number of nitrogens with one attached hydrogen (secondary N) is 1. The molecule has 1 aromatic heterocycles. The van der Waals surface area contributed by atoms with Crippen LogP contribution < -0.4 is 10.1 Å². The zero-order valence-corrected chi connectivity index (χ0v) is 11.4. The summed E-state index contributed by atoms with van der Waals surface area (Å²) in [6, 6.07) is 7.29. The van der Waals surface area contributed by atoms with E-state index in [4.69, 9.17) is 4.74 Å². The Hall–Kier alpha value is -2.57. The Morgan fingerprint density at radius 1 is 1.35 bits per heavy atom. The highest BCUT2D eigenvalue weighted by Gasteiger charge is 2.02. The van der Waals surface area contributed by atoms with Crippen LogP contribution in [0.25, 0.3) is 0 Å². The van der Waals surface area contributed by atoms with E-state index in [9.17, 15) is 4.79 Å². The van der Waals surface area contributed by atoms with Gasteiger partial charge in [0.1, 0.15) is 11.4 Å². The maximum atomic E-state index is 10.9. The first kappa shape index (κ1) is 13.9. The van der Waals surface area contributed by atoms with Gasteiger partial charge in [0.25, 0.3) is 0 Å². The molecule has 0 aliphatic carbocycles. The quantitative estimate of drug-likeness (QED) is 0.792. The van der Waals surface area contributed by atoms with Crippen molar-refractivity contribution in [2.45, 2.75) is 6.54 Å². The van der Waals surface area contributed by atoms with Gasteiger partial charge in [0.05, 0.1) is 13.7 Å². The Bertz CT molecular complexity index is 565. The maximum Gasteiger partial charge on any atom is 0.343 e. The molecule has 0 saturated carbocycles. The zero-order chi connectivity index (χ0) is 14.4. The number of anilines is 1. The van der Waals surface area contributed by atoms with E-state index in [-0.39, 0.29) is 6.61 Å². The molecule has 106 valence electrons. The first-order valence-electron chi connectivity index (χ1n) is 6.06. The smallest absolute Gasteiger partial charge is 0.343 e. The van der Waals surface area contributed by atoms with Crippen molar-refractivity contribution in [2.75, 3.05) is 19.0 Å². The van der Waals surface area contributed by atoms with Crippen molar-refractivity contribution in [3.8, 4) is 5.75 Å². The monoisotopic (exact) mass is 276 g/mol. The fourth-order valence-electron chi connectivity index (χ4n) is 1.54. The third-order valence-electron chi connectivity index (χ3n) is 2.56. The minimum absolute atomic E-state index is 0.0944. The first-order valence-corrected chi connectivity index (χ1v) is 6.06. The van der Waals surface area contributed by atoms with Crippen LogP contribution in [0.1, 0.15) is 5.69 Å². The van der Waals surface area contributed by atoms with Crippen LogP contribution in [0, 0.1) is 0 Å². The molecule has 0 unspecified atom stereocenters. The summed E-state index contributed by atoms with van der Waals surface area (Å²) in [7, 11) is 3.15. The number of hydrogen-bond donors (Lipinski definition) is 1. The number of ether oxygens (including phenoxy) is 2. The lowest BCUT2D eigenvalue weighted by molar-refractivity contribution is -0.142. The predicted molar refractivity (Wildman–Crippen MR) is 72.3 cm³/mol. The molecule has 0 atom stereocenters. The molecule has 1 N–H and O–H groups in total. The fourth-order valence-corrected chi connectivity index (χ4v) is 1.54. The van der Waals surface area contributed by atoms with Gasteiger partial charge in [-0.25, -0.2) is 4.79 Å². The average Bonchev–Trinajstić information content (AvgIpc) is 2.89. The van der Waals surface area contributed by atoms with E-state index in [1.807, 2.05) is 25.4 Å². The molecule has 0 fully saturated rings. The largest absolute Gasteiger partial charge is 0.482 e. The van der Waals surface area contributed by atoms with E-state index < -0.39 is 5.97 Å². The molecule has 0 saturated heterocycles. The molecular formula is C13H16N4O3. The Balaban J connectivity index is 1.83. The van der Waals surface area contributed by atoms with E-state index in [2.05, 4.69) is 20.4 Å². The normalized spacial score (nSPS) is 10.1. The maximum absolute atomic E-state index is 10.9. The van der Waals surface area contributed by atoms with E-state index in [1.165, 1.54) is 7.11 Å². The van der Waals surface area contributed by atoms with Gasteiger partial charge in [-0.05, 0) is 24.3 Å². The lowest BCUT2D eigenvalue weighted by Crippen LogP contribution is -2.12. The van der Waals surface area contributed by atoms with Crippen LogP contribution in [0.3, 0.4) is 0 Å². The van der Waals surface area contributed by atoms with Crippen molar-refractivity contribution in [3.05, 3.63) is 36.2 Å². The number of hydrogen-bond acceptors (Lipinski definition) is 6. The molecule has 0 bridgehead atoms. The van der Waals surface area contributed by atoms with Gasteiger partial charge in [0, 0.05) is 18.9 Å². The van der Waals surface area contributed by atoms with Crippen molar-refractivity contribution in [3.63, 3.8) is 0 Å². The number of methoxy groups -OCH3 is 1. The average molecular weight is 276 g/mol. The van der Waals surface area contributed by atoms with Gasteiger partial charge in [0.2, 0.25) is 0 Å². The Morgan fingerprint density at radius 3 is 2.70 bits per heavy atom. The van der Waals surface area contributed by atoms with Crippen LogP contribution >= 0.6 is 0 Å². The lowest BCUT2D eigenvalue weighted by Gasteiger charge is -2.07. The Kier molecular flexibility index (Phi) is 4.54. The third kappa shape index (κ3) is 3.98. The summed E-state index contributed by atoms with van der Waals surface area (Å²) in [6.45, 7) is 0.499. The molecular weight excluding hydrogens is 260 g/mol. The number of carbonyl (C=O) groups is 1. The van der Waals surface area contributed by atoms with Gasteiger partial charge in [-0.3, -0.25) is 4.68 Å². The predicted octanol–water partition coefficient (Wildman–Crippen LogP) is 0.979. The highest BCUT2D eigenvalue weighted by Crippen LogP contribution is 2.16. The van der Waals surface area contributed by atoms with Gasteiger partial charge in [-0.2, -0.15) is 0 Å². The molecule has 0 spiro atoms. The number of esters is 1. The SMILES string of the molecule is COC(=O)COc1ccc(NCc2cn(C)nn2)cc1.